The van der Waals surface area contributed by atoms with Crippen LogP contribution in [-0.4, -0.2) is 24.3 Å². The number of pyridine rings is 1. The van der Waals surface area contributed by atoms with E-state index in [9.17, 15) is 5.11 Å². The smallest absolute Gasteiger partial charge is 0.212 e. The van der Waals surface area contributed by atoms with E-state index in [1.165, 1.54) is 0 Å². The van der Waals surface area contributed by atoms with Gasteiger partial charge in [0.05, 0.1) is 20.8 Å². The molecule has 2 aromatic rings. The molecule has 2 heterocycles. The van der Waals surface area contributed by atoms with Crippen LogP contribution < -0.4 is 14.2 Å². The Morgan fingerprint density at radius 2 is 2.14 bits per heavy atom. The van der Waals surface area contributed by atoms with Crippen molar-refractivity contribution in [2.24, 2.45) is 0 Å². The Morgan fingerprint density at radius 3 is 2.77 bits per heavy atom. The molecule has 0 saturated carbocycles. The van der Waals surface area contributed by atoms with Crippen molar-refractivity contribution >= 4 is 0 Å². The third-order valence-electron chi connectivity index (χ3n) is 3.87. The summed E-state index contributed by atoms with van der Waals surface area (Å²) < 4.78 is 16.6. The quantitative estimate of drug-likeness (QED) is 0.940. The lowest BCUT2D eigenvalue weighted by molar-refractivity contribution is 0.167. The molecule has 3 rings (SSSR count). The van der Waals surface area contributed by atoms with Crippen LogP contribution in [-0.2, 0) is 13.0 Å². The highest BCUT2D eigenvalue weighted by Gasteiger charge is 2.25. The molecule has 22 heavy (non-hydrogen) atoms. The average Bonchev–Trinajstić information content (AvgIpc) is 2.60. The van der Waals surface area contributed by atoms with Gasteiger partial charge in [-0.25, -0.2) is 4.98 Å². The van der Waals surface area contributed by atoms with E-state index < -0.39 is 0 Å². The normalized spacial score (nSPS) is 16.6. The van der Waals surface area contributed by atoms with Gasteiger partial charge in [-0.15, -0.1) is 0 Å². The Hall–Kier alpha value is -2.27. The zero-order valence-electron chi connectivity index (χ0n) is 12.7. The van der Waals surface area contributed by atoms with E-state index in [4.69, 9.17) is 14.2 Å². The number of methoxy groups -OCH3 is 2. The SMILES string of the molecule is COc1ccc(C2CCc3cc(CO)cc(OC)c3O2)cn1. The van der Waals surface area contributed by atoms with Gasteiger partial charge in [-0.2, -0.15) is 0 Å². The Bertz CT molecular complexity index is 637. The Balaban J connectivity index is 1.89. The van der Waals surface area contributed by atoms with Crippen LogP contribution in [0.15, 0.2) is 30.5 Å². The summed E-state index contributed by atoms with van der Waals surface area (Å²) in [5.41, 5.74) is 2.92. The highest BCUT2D eigenvalue weighted by molar-refractivity contribution is 5.51. The van der Waals surface area contributed by atoms with Crippen LogP contribution in [0.3, 0.4) is 0 Å². The molecule has 5 nitrogen and oxygen atoms in total. The zero-order chi connectivity index (χ0) is 15.5. The van der Waals surface area contributed by atoms with Crippen LogP contribution in [0.4, 0.5) is 0 Å². The average molecular weight is 301 g/mol. The maximum atomic E-state index is 9.32. The van der Waals surface area contributed by atoms with Crippen LogP contribution in [0.5, 0.6) is 17.4 Å². The summed E-state index contributed by atoms with van der Waals surface area (Å²) in [6.45, 7) is -0.00450. The Kier molecular flexibility index (Phi) is 4.15. The van der Waals surface area contributed by atoms with E-state index in [-0.39, 0.29) is 12.7 Å². The molecule has 0 bridgehead atoms. The minimum Gasteiger partial charge on any atom is -0.493 e. The number of aryl methyl sites for hydroxylation is 1. The minimum atomic E-state index is -0.0558. The van der Waals surface area contributed by atoms with Crippen LogP contribution in [0, 0.1) is 0 Å². The lowest BCUT2D eigenvalue weighted by atomic mass is 9.96. The number of aliphatic hydroxyl groups excluding tert-OH is 1. The number of rotatable bonds is 4. The van der Waals surface area contributed by atoms with Crippen molar-refractivity contribution in [1.29, 1.82) is 0 Å². The van der Waals surface area contributed by atoms with Gasteiger partial charge in [-0.05, 0) is 42.2 Å². The Morgan fingerprint density at radius 1 is 1.27 bits per heavy atom. The van der Waals surface area contributed by atoms with Crippen LogP contribution in [0.25, 0.3) is 0 Å². The number of hydrogen-bond donors (Lipinski definition) is 1. The number of aliphatic hydroxyl groups is 1. The lowest BCUT2D eigenvalue weighted by Gasteiger charge is -2.28. The second kappa shape index (κ2) is 6.23. The number of nitrogens with zero attached hydrogens (tertiary/aromatic N) is 1. The van der Waals surface area contributed by atoms with Crippen molar-refractivity contribution < 1.29 is 19.3 Å². The first-order valence-corrected chi connectivity index (χ1v) is 7.22. The summed E-state index contributed by atoms with van der Waals surface area (Å²) >= 11 is 0. The maximum Gasteiger partial charge on any atom is 0.212 e. The Labute approximate surface area is 129 Å². The van der Waals surface area contributed by atoms with Gasteiger partial charge in [0.15, 0.2) is 11.5 Å². The molecule has 1 aromatic heterocycles. The summed E-state index contributed by atoms with van der Waals surface area (Å²) in [7, 11) is 3.21. The van der Waals surface area contributed by atoms with Crippen LogP contribution in [0.1, 0.15) is 29.2 Å². The molecule has 1 N–H and O–H groups in total. The summed E-state index contributed by atoms with van der Waals surface area (Å²) in [5, 5.41) is 9.32. The van der Waals surface area contributed by atoms with E-state index in [2.05, 4.69) is 4.98 Å². The fourth-order valence-corrected chi connectivity index (χ4v) is 2.71. The third-order valence-corrected chi connectivity index (χ3v) is 3.87. The van der Waals surface area contributed by atoms with Crippen LogP contribution >= 0.6 is 0 Å². The molecule has 1 aliphatic rings. The van der Waals surface area contributed by atoms with Crippen molar-refractivity contribution in [3.63, 3.8) is 0 Å². The second-order valence-electron chi connectivity index (χ2n) is 5.22. The maximum absolute atomic E-state index is 9.32. The molecule has 0 spiro atoms. The topological polar surface area (TPSA) is 60.8 Å². The number of benzene rings is 1. The monoisotopic (exact) mass is 301 g/mol. The lowest BCUT2D eigenvalue weighted by Crippen LogP contribution is -2.16. The molecule has 1 aliphatic heterocycles. The van der Waals surface area contributed by atoms with Gasteiger partial charge < -0.3 is 19.3 Å². The highest BCUT2D eigenvalue weighted by atomic mass is 16.5. The van der Waals surface area contributed by atoms with Gasteiger partial charge in [0.1, 0.15) is 6.10 Å². The summed E-state index contributed by atoms with van der Waals surface area (Å²) in [5.74, 6) is 2.00. The number of hydrogen-bond acceptors (Lipinski definition) is 5. The molecule has 1 unspecified atom stereocenters. The summed E-state index contributed by atoms with van der Waals surface area (Å²) in [4.78, 5) is 4.23. The number of ether oxygens (including phenoxy) is 3. The molecular formula is C17H19NO4. The first kappa shape index (κ1) is 14.7. The van der Waals surface area contributed by atoms with E-state index in [1.807, 2.05) is 24.3 Å². The zero-order valence-corrected chi connectivity index (χ0v) is 12.7. The van der Waals surface area contributed by atoms with Gasteiger partial charge in [-0.3, -0.25) is 0 Å². The molecule has 0 fully saturated rings. The van der Waals surface area contributed by atoms with Gasteiger partial charge >= 0.3 is 0 Å². The van der Waals surface area contributed by atoms with Crippen molar-refractivity contribution in [1.82, 2.24) is 4.98 Å². The van der Waals surface area contributed by atoms with Crippen molar-refractivity contribution in [2.75, 3.05) is 14.2 Å². The van der Waals surface area contributed by atoms with Gasteiger partial charge in [0, 0.05) is 17.8 Å². The molecule has 0 aliphatic carbocycles. The molecular weight excluding hydrogens is 282 g/mol. The third kappa shape index (κ3) is 2.72. The molecule has 5 heteroatoms. The largest absolute Gasteiger partial charge is 0.493 e. The first-order valence-electron chi connectivity index (χ1n) is 7.22. The predicted molar refractivity (Wildman–Crippen MR) is 81.4 cm³/mol. The second-order valence-corrected chi connectivity index (χ2v) is 5.22. The van der Waals surface area contributed by atoms with Gasteiger partial charge in [0.2, 0.25) is 5.88 Å². The van der Waals surface area contributed by atoms with Crippen LogP contribution in [0.2, 0.25) is 0 Å². The molecule has 0 amide bonds. The van der Waals surface area contributed by atoms with Gasteiger partial charge in [-0.1, -0.05) is 0 Å². The summed E-state index contributed by atoms with van der Waals surface area (Å²) in [6, 6.07) is 7.59. The fraction of sp³-hybridized carbons (Fsp3) is 0.353. The summed E-state index contributed by atoms with van der Waals surface area (Å²) in [6.07, 6.45) is 3.46. The van der Waals surface area contributed by atoms with E-state index in [0.717, 1.165) is 35.3 Å². The highest BCUT2D eigenvalue weighted by Crippen LogP contribution is 2.42. The van der Waals surface area contributed by atoms with E-state index in [1.54, 1.807) is 20.4 Å². The molecule has 0 saturated heterocycles. The van der Waals surface area contributed by atoms with Crippen molar-refractivity contribution in [3.8, 4) is 17.4 Å². The van der Waals surface area contributed by atoms with Gasteiger partial charge in [0.25, 0.3) is 0 Å². The standard InChI is InChI=1S/C17H19NO4/c1-20-15-8-11(10-19)7-12-3-5-14(22-17(12)15)13-4-6-16(21-2)18-9-13/h4,6-9,14,19H,3,5,10H2,1-2H3. The van der Waals surface area contributed by atoms with Crippen molar-refractivity contribution in [2.45, 2.75) is 25.6 Å². The predicted octanol–water partition coefficient (Wildman–Crippen LogP) is 2.66. The number of fused-ring (bicyclic) bond motifs is 1. The van der Waals surface area contributed by atoms with E-state index >= 15 is 0 Å². The molecule has 0 radical (unpaired) electrons. The molecule has 1 aromatic carbocycles. The first-order chi connectivity index (χ1) is 10.7. The molecule has 116 valence electrons. The van der Waals surface area contributed by atoms with Crippen molar-refractivity contribution in [3.05, 3.63) is 47.2 Å². The minimum absolute atomic E-state index is 0.00450. The fourth-order valence-electron chi connectivity index (χ4n) is 2.71. The molecule has 1 atom stereocenters. The number of aromatic nitrogens is 1. The van der Waals surface area contributed by atoms with E-state index in [0.29, 0.717) is 11.6 Å².